The molecular weight excluding hydrogens is 625 g/mol. The van der Waals surface area contributed by atoms with Crippen molar-refractivity contribution in [1.29, 1.82) is 0 Å². The first kappa shape index (κ1) is 29.8. The lowest BCUT2D eigenvalue weighted by Gasteiger charge is -2.30. The molecule has 8 bridgehead atoms. The number of benzene rings is 4. The van der Waals surface area contributed by atoms with E-state index >= 15 is 0 Å². The number of fused-ring (bicyclic) bond motifs is 8. The van der Waals surface area contributed by atoms with E-state index in [1.165, 1.54) is 15.6 Å². The van der Waals surface area contributed by atoms with Gasteiger partial charge in [-0.3, -0.25) is 0 Å². The van der Waals surface area contributed by atoms with E-state index in [1.807, 2.05) is 0 Å². The fourth-order valence-corrected chi connectivity index (χ4v) is 11.4. The van der Waals surface area contributed by atoms with Crippen LogP contribution in [0, 0.1) is 0 Å². The fraction of sp³-hybridized carbons (Fsp3) is 0.0222. The molecular formula is C45H34N4Si. The van der Waals surface area contributed by atoms with Crippen molar-refractivity contribution in [3.05, 3.63) is 174 Å². The van der Waals surface area contributed by atoms with E-state index in [2.05, 4.69) is 192 Å². The second kappa shape index (κ2) is 12.3. The minimum Gasteiger partial charge on any atom is -0.355 e. The molecule has 5 heteroatoms. The molecule has 0 saturated heterocycles. The molecule has 3 aromatic heterocycles. The van der Waals surface area contributed by atoms with Gasteiger partial charge in [-0.2, -0.15) is 0 Å². The summed E-state index contributed by atoms with van der Waals surface area (Å²) in [5.41, 5.74) is 12.2. The summed E-state index contributed by atoms with van der Waals surface area (Å²) in [6, 6.07) is 53.8. The predicted octanol–water partition coefficient (Wildman–Crippen LogP) is 9.09. The summed E-state index contributed by atoms with van der Waals surface area (Å²) in [7, 11) is -2.69. The molecule has 4 aromatic carbocycles. The fourth-order valence-electron chi connectivity index (χ4n) is 7.47. The summed E-state index contributed by atoms with van der Waals surface area (Å²) in [5.74, 6) is 0. The zero-order chi connectivity index (χ0) is 33.5. The maximum Gasteiger partial charge on any atom is 0.151 e. The molecule has 238 valence electrons. The van der Waals surface area contributed by atoms with Crippen molar-refractivity contribution in [2.75, 3.05) is 0 Å². The average molecular weight is 659 g/mol. The molecule has 50 heavy (non-hydrogen) atoms. The molecule has 0 saturated carbocycles. The number of rotatable bonds is 5. The normalized spacial score (nSPS) is 12.3. The molecule has 5 heterocycles. The highest BCUT2D eigenvalue weighted by Gasteiger charge is 2.39. The van der Waals surface area contributed by atoms with Crippen LogP contribution in [-0.4, -0.2) is 28.0 Å². The smallest absolute Gasteiger partial charge is 0.151 e. The van der Waals surface area contributed by atoms with Gasteiger partial charge in [-0.05, 0) is 76.1 Å². The van der Waals surface area contributed by atoms with Crippen LogP contribution in [-0.2, 0) is 0 Å². The van der Waals surface area contributed by atoms with Crippen LogP contribution < -0.4 is 15.6 Å². The number of hydrogen-bond donors (Lipinski definition) is 2. The highest BCUT2D eigenvalue weighted by Crippen LogP contribution is 2.32. The number of nitrogens with zero attached hydrogens (tertiary/aromatic N) is 2. The summed E-state index contributed by atoms with van der Waals surface area (Å²) < 4.78 is 0. The minimum atomic E-state index is -2.69. The van der Waals surface area contributed by atoms with Gasteiger partial charge in [0.05, 0.1) is 22.8 Å². The Morgan fingerprint density at radius 3 is 1.22 bits per heavy atom. The summed E-state index contributed by atoms with van der Waals surface area (Å²) in [5, 5.41) is 3.80. The monoisotopic (exact) mass is 658 g/mol. The van der Waals surface area contributed by atoms with Gasteiger partial charge >= 0.3 is 0 Å². The van der Waals surface area contributed by atoms with Gasteiger partial charge in [-0.25, -0.2) is 9.97 Å². The molecule has 2 aliphatic rings. The first-order chi connectivity index (χ1) is 24.6. The van der Waals surface area contributed by atoms with Gasteiger partial charge in [0.2, 0.25) is 0 Å². The predicted molar refractivity (Wildman–Crippen MR) is 213 cm³/mol. The molecule has 0 radical (unpaired) electrons. The topological polar surface area (TPSA) is 57.4 Å². The SMILES string of the molecule is C[Si](c1ccccc1)(c1ccccc1)c1c2nc(c(-c3ccccc3)c3ccc(cc4ccc([nH]4)c(-c4ccccc4)c4nc1C=C4)[nH]3)C=C2. The minimum absolute atomic E-state index is 0.923. The first-order valence-electron chi connectivity index (χ1n) is 17.0. The third kappa shape index (κ3) is 5.16. The number of aromatic amines is 2. The largest absolute Gasteiger partial charge is 0.355 e. The van der Waals surface area contributed by atoms with Gasteiger partial charge in [0, 0.05) is 38.4 Å². The second-order valence-corrected chi connectivity index (χ2v) is 16.8. The zero-order valence-electron chi connectivity index (χ0n) is 27.6. The van der Waals surface area contributed by atoms with Gasteiger partial charge in [-0.1, -0.05) is 128 Å². The molecule has 0 fully saturated rings. The summed E-state index contributed by atoms with van der Waals surface area (Å²) in [6.07, 6.45) is 8.75. The lowest BCUT2D eigenvalue weighted by molar-refractivity contribution is 1.29. The summed E-state index contributed by atoms with van der Waals surface area (Å²) in [6.45, 7) is 2.45. The lowest BCUT2D eigenvalue weighted by Crippen LogP contribution is -2.66. The van der Waals surface area contributed by atoms with Crippen LogP contribution >= 0.6 is 0 Å². The standard InChI is InChI=1S/C45H34N4Si/c1-50(35-18-10-4-11-19-35,36-20-12-5-13-21-36)45-41-28-26-39(48-41)43(31-14-6-2-7-15-31)37-24-22-33(46-37)30-34-23-25-38(47-34)44(32-16-8-3-9-17-32)40-27-29-42(45)49-40/h2-30,46-47H,1H3. The molecule has 0 aliphatic carbocycles. The van der Waals surface area contributed by atoms with E-state index in [-0.39, 0.29) is 0 Å². The number of hydrogen-bond acceptors (Lipinski definition) is 2. The molecule has 0 unspecified atom stereocenters. The van der Waals surface area contributed by atoms with Gasteiger partial charge < -0.3 is 9.97 Å². The Labute approximate surface area is 292 Å². The third-order valence-electron chi connectivity index (χ3n) is 9.90. The molecule has 4 nitrogen and oxygen atoms in total. The Morgan fingerprint density at radius 2 is 0.800 bits per heavy atom. The van der Waals surface area contributed by atoms with Crippen LogP contribution in [0.1, 0.15) is 22.8 Å². The third-order valence-corrected chi connectivity index (χ3v) is 14.4. The number of nitrogens with one attached hydrogen (secondary N) is 2. The summed E-state index contributed by atoms with van der Waals surface area (Å²) >= 11 is 0. The van der Waals surface area contributed by atoms with E-state index in [1.54, 1.807) is 0 Å². The van der Waals surface area contributed by atoms with Crippen molar-refractivity contribution < 1.29 is 0 Å². The van der Waals surface area contributed by atoms with E-state index in [9.17, 15) is 0 Å². The molecule has 0 atom stereocenters. The van der Waals surface area contributed by atoms with Crippen LogP contribution in [0.2, 0.25) is 6.55 Å². The maximum atomic E-state index is 5.53. The average Bonchev–Trinajstić information content (AvgIpc) is 4.01. The first-order valence-corrected chi connectivity index (χ1v) is 19.5. The Kier molecular flexibility index (Phi) is 7.33. The van der Waals surface area contributed by atoms with E-state index in [4.69, 9.17) is 9.97 Å². The van der Waals surface area contributed by atoms with E-state index in [0.717, 1.165) is 67.1 Å². The second-order valence-electron chi connectivity index (χ2n) is 12.9. The van der Waals surface area contributed by atoms with Crippen molar-refractivity contribution in [2.24, 2.45) is 0 Å². The van der Waals surface area contributed by atoms with Crippen LogP contribution in [0.25, 0.3) is 68.6 Å². The molecule has 9 rings (SSSR count). The van der Waals surface area contributed by atoms with Crippen LogP contribution in [0.15, 0.2) is 152 Å². The van der Waals surface area contributed by atoms with Crippen molar-refractivity contribution >= 4 is 70.0 Å². The Balaban J connectivity index is 1.48. The molecule has 0 amide bonds. The number of aromatic nitrogens is 4. The quantitative estimate of drug-likeness (QED) is 0.181. The van der Waals surface area contributed by atoms with Crippen molar-refractivity contribution in [3.8, 4) is 22.3 Å². The molecule has 2 N–H and O–H groups in total. The molecule has 7 aromatic rings. The zero-order valence-corrected chi connectivity index (χ0v) is 28.6. The highest BCUT2D eigenvalue weighted by molar-refractivity contribution is 7.11. The lowest BCUT2D eigenvalue weighted by atomic mass is 10.0. The summed E-state index contributed by atoms with van der Waals surface area (Å²) in [4.78, 5) is 18.5. The Morgan fingerprint density at radius 1 is 0.420 bits per heavy atom. The number of H-pyrrole nitrogens is 2. The van der Waals surface area contributed by atoms with Gasteiger partial charge in [0.15, 0.2) is 8.07 Å². The van der Waals surface area contributed by atoms with Gasteiger partial charge in [0.1, 0.15) is 0 Å². The van der Waals surface area contributed by atoms with E-state index in [0.29, 0.717) is 0 Å². The van der Waals surface area contributed by atoms with Crippen molar-refractivity contribution in [1.82, 2.24) is 19.9 Å². The highest BCUT2D eigenvalue weighted by atomic mass is 28.3. The van der Waals surface area contributed by atoms with Gasteiger partial charge in [-0.15, -0.1) is 0 Å². The van der Waals surface area contributed by atoms with Crippen molar-refractivity contribution in [3.63, 3.8) is 0 Å². The van der Waals surface area contributed by atoms with Gasteiger partial charge in [0.25, 0.3) is 0 Å². The Hall–Kier alpha value is -6.30. The van der Waals surface area contributed by atoms with Crippen LogP contribution in [0.5, 0.6) is 0 Å². The van der Waals surface area contributed by atoms with Crippen LogP contribution in [0.3, 0.4) is 0 Å². The molecule has 0 spiro atoms. The van der Waals surface area contributed by atoms with E-state index < -0.39 is 8.07 Å². The van der Waals surface area contributed by atoms with Crippen molar-refractivity contribution in [2.45, 2.75) is 6.55 Å². The molecule has 2 aliphatic heterocycles. The maximum absolute atomic E-state index is 5.53. The Bertz CT molecular complexity index is 2410. The van der Waals surface area contributed by atoms with Crippen LogP contribution in [0.4, 0.5) is 0 Å².